The van der Waals surface area contributed by atoms with Crippen molar-refractivity contribution in [2.24, 2.45) is 0 Å². The van der Waals surface area contributed by atoms with E-state index in [2.05, 4.69) is 10.6 Å². The van der Waals surface area contributed by atoms with E-state index >= 15 is 0 Å². The van der Waals surface area contributed by atoms with E-state index in [-0.39, 0.29) is 6.61 Å². The number of carbonyl (C=O) groups is 10. The lowest BCUT2D eigenvalue weighted by molar-refractivity contribution is -0.347. The van der Waals surface area contributed by atoms with E-state index < -0.39 is 158 Å². The van der Waals surface area contributed by atoms with Crippen LogP contribution >= 0.6 is 0 Å². The molecule has 0 radical (unpaired) electrons. The van der Waals surface area contributed by atoms with Gasteiger partial charge in [0.05, 0.1) is 52.4 Å². The highest BCUT2D eigenvalue weighted by molar-refractivity contribution is 5.80. The normalized spacial score (nSPS) is 25.9. The lowest BCUT2D eigenvalue weighted by atomic mass is 9.86. The van der Waals surface area contributed by atoms with Crippen LogP contribution in [0.1, 0.15) is 73.8 Å². The summed E-state index contributed by atoms with van der Waals surface area (Å²) in [6, 6.07) is 5.42. The van der Waals surface area contributed by atoms with Crippen molar-refractivity contribution in [3.05, 3.63) is 35.9 Å². The van der Waals surface area contributed by atoms with Gasteiger partial charge in [-0.15, -0.1) is 0 Å². The van der Waals surface area contributed by atoms with E-state index in [1.54, 1.807) is 30.3 Å². The van der Waals surface area contributed by atoms with Crippen molar-refractivity contribution < 1.29 is 110 Å². The molecule has 1 aromatic rings. The molecule has 0 bridgehead atoms. The second kappa shape index (κ2) is 25.9. The maximum absolute atomic E-state index is 14.6. The molecule has 3 rings (SSSR count). The van der Waals surface area contributed by atoms with Crippen molar-refractivity contribution >= 4 is 59.6 Å². The molecule has 0 spiro atoms. The number of methoxy groups -OCH3 is 3. The zero-order valence-corrected chi connectivity index (χ0v) is 40.1. The van der Waals surface area contributed by atoms with Crippen molar-refractivity contribution in [2.45, 2.75) is 147 Å². The zero-order chi connectivity index (χ0) is 51.8. The van der Waals surface area contributed by atoms with Gasteiger partial charge in [-0.3, -0.25) is 38.4 Å². The van der Waals surface area contributed by atoms with E-state index in [1.165, 1.54) is 0 Å². The molecule has 0 aliphatic carbocycles. The number of rotatable bonds is 22. The Morgan fingerprint density at radius 1 is 0.580 bits per heavy atom. The monoisotopic (exact) mass is 984 g/mol. The van der Waals surface area contributed by atoms with Crippen LogP contribution in [0.2, 0.25) is 0 Å². The summed E-state index contributed by atoms with van der Waals surface area (Å²) >= 11 is 0. The third-order valence-corrected chi connectivity index (χ3v) is 10.3. The lowest BCUT2D eigenvalue weighted by Gasteiger charge is -2.51. The highest BCUT2D eigenvalue weighted by Crippen LogP contribution is 2.41. The molecule has 0 saturated carbocycles. The second-order valence-electron chi connectivity index (χ2n) is 15.8. The molecule has 2 fully saturated rings. The second-order valence-corrected chi connectivity index (χ2v) is 15.8. The Morgan fingerprint density at radius 2 is 1.03 bits per heavy atom. The van der Waals surface area contributed by atoms with Crippen LogP contribution < -0.4 is 10.6 Å². The molecule has 25 nitrogen and oxygen atoms in total. The molecule has 2 heterocycles. The molecule has 2 amide bonds. The fourth-order valence-corrected chi connectivity index (χ4v) is 7.83. The maximum atomic E-state index is 14.6. The highest BCUT2D eigenvalue weighted by Gasteiger charge is 2.63. The summed E-state index contributed by atoms with van der Waals surface area (Å²) in [5.41, 5.74) is 0.600. The first-order valence-corrected chi connectivity index (χ1v) is 21.3. The first-order chi connectivity index (χ1) is 32.4. The Hall–Kier alpha value is -6.28. The van der Waals surface area contributed by atoms with Crippen molar-refractivity contribution in [2.75, 3.05) is 34.5 Å². The van der Waals surface area contributed by atoms with E-state index in [4.69, 9.17) is 61.6 Å². The van der Waals surface area contributed by atoms with Crippen LogP contribution in [0, 0.1) is 0 Å². The van der Waals surface area contributed by atoms with Gasteiger partial charge < -0.3 is 72.2 Å². The van der Waals surface area contributed by atoms with Crippen LogP contribution in [0.15, 0.2) is 30.3 Å². The molecule has 2 aliphatic rings. The first-order valence-electron chi connectivity index (χ1n) is 21.3. The summed E-state index contributed by atoms with van der Waals surface area (Å²) < 4.78 is 74.9. The number of nitrogens with one attached hydrogen (secondary N) is 2. The minimum absolute atomic E-state index is 0.182. The first kappa shape index (κ1) is 57.0. The highest BCUT2D eigenvalue weighted by atomic mass is 16.8. The predicted octanol–water partition coefficient (Wildman–Crippen LogP) is -0.218. The average Bonchev–Trinajstić information content (AvgIpc) is 3.26. The molecule has 2 N–H and O–H groups in total. The Labute approximate surface area is 396 Å². The Balaban J connectivity index is 2.49. The summed E-state index contributed by atoms with van der Waals surface area (Å²) in [4.78, 5) is 130. The minimum Gasteiger partial charge on any atom is -0.465 e. The third kappa shape index (κ3) is 16.2. The summed E-state index contributed by atoms with van der Waals surface area (Å²) in [5.74, 6) is -15.4. The van der Waals surface area contributed by atoms with E-state index in [0.717, 1.165) is 76.7 Å². The minimum atomic E-state index is -2.96. The number of ether oxygens (including phenoxy) is 13. The molecule has 69 heavy (non-hydrogen) atoms. The Kier molecular flexibility index (Phi) is 21.4. The number of benzene rings is 1. The van der Waals surface area contributed by atoms with Gasteiger partial charge >= 0.3 is 47.8 Å². The maximum Gasteiger partial charge on any atom is 0.366 e. The average molecular weight is 985 g/mol. The Bertz CT molecular complexity index is 2020. The van der Waals surface area contributed by atoms with E-state index in [0.29, 0.717) is 5.56 Å². The Morgan fingerprint density at radius 3 is 1.45 bits per heavy atom. The summed E-state index contributed by atoms with van der Waals surface area (Å²) in [7, 11) is 2.97. The van der Waals surface area contributed by atoms with Crippen LogP contribution in [-0.4, -0.2) is 167 Å². The third-order valence-electron chi connectivity index (χ3n) is 10.3. The van der Waals surface area contributed by atoms with Crippen LogP contribution in [0.25, 0.3) is 0 Å². The molecule has 12 atom stereocenters. The predicted molar refractivity (Wildman–Crippen MR) is 226 cm³/mol. The van der Waals surface area contributed by atoms with Gasteiger partial charge in [-0.25, -0.2) is 9.59 Å². The summed E-state index contributed by atoms with van der Waals surface area (Å²) in [6.07, 6.45) is -16.2. The zero-order valence-electron chi connectivity index (χ0n) is 40.1. The topological polar surface area (TPSA) is 315 Å². The number of esters is 8. The number of amides is 2. The molecule has 2 saturated heterocycles. The van der Waals surface area contributed by atoms with Gasteiger partial charge in [0.1, 0.15) is 37.1 Å². The van der Waals surface area contributed by atoms with Crippen molar-refractivity contribution in [1.29, 1.82) is 0 Å². The summed E-state index contributed by atoms with van der Waals surface area (Å²) in [5, 5.41) is 5.15. The van der Waals surface area contributed by atoms with Crippen LogP contribution in [0.4, 0.5) is 0 Å². The van der Waals surface area contributed by atoms with Gasteiger partial charge in [-0.1, -0.05) is 30.3 Å². The van der Waals surface area contributed by atoms with Gasteiger partial charge in [0.25, 0.3) is 11.6 Å². The van der Waals surface area contributed by atoms with Gasteiger partial charge in [0, 0.05) is 62.5 Å². The van der Waals surface area contributed by atoms with Crippen LogP contribution in [0.5, 0.6) is 0 Å². The number of hydrogen-bond acceptors (Lipinski definition) is 23. The fraction of sp³-hybridized carbons (Fsp3) is 0.636. The quantitative estimate of drug-likeness (QED) is 0.112. The van der Waals surface area contributed by atoms with Crippen LogP contribution in [0.3, 0.4) is 0 Å². The van der Waals surface area contributed by atoms with Crippen LogP contribution in [-0.2, 0) is 116 Å². The molecule has 0 aromatic heterocycles. The molecule has 0 unspecified atom stereocenters. The van der Waals surface area contributed by atoms with Crippen molar-refractivity contribution in [3.8, 4) is 0 Å². The van der Waals surface area contributed by atoms with Crippen molar-refractivity contribution in [1.82, 2.24) is 10.6 Å². The molecular formula is C44H60N2O23. The molecule has 25 heteroatoms. The van der Waals surface area contributed by atoms with E-state index in [9.17, 15) is 47.9 Å². The van der Waals surface area contributed by atoms with Gasteiger partial charge in [-0.2, -0.15) is 0 Å². The number of carbonyl (C=O) groups excluding carboxylic acids is 10. The lowest BCUT2D eigenvalue weighted by Crippen LogP contribution is -2.71. The standard InChI is InChI=1S/C44H60N2O23/c1-22(47)45-35-31(62-25(4)50)17-43(59-11,41(55)57-9)68-40(35)38(66-29(8)54)34(20-60-19-30-15-13-12-14-16-30)67-44(42(56)58-10)18-32(63-26(5)51)36(46-23(2)48)39(69-44)37(65-28(7)53)33(64-27(6)52)21-61-24(3)49/h12-16,31-40H,17-21H2,1-11H3,(H,45,47)(H,46,48)/t31-,32-,33+,34+,35+,36+,37+,38+,39+,40+,43-,44-/m0/s1. The van der Waals surface area contributed by atoms with Gasteiger partial charge in [0.15, 0.2) is 18.3 Å². The molecule has 2 aliphatic heterocycles. The van der Waals surface area contributed by atoms with Gasteiger partial charge in [0.2, 0.25) is 11.8 Å². The smallest absolute Gasteiger partial charge is 0.366 e. The van der Waals surface area contributed by atoms with E-state index in [1.807, 2.05) is 0 Å². The molecule has 1 aromatic carbocycles. The van der Waals surface area contributed by atoms with Crippen molar-refractivity contribution in [3.63, 3.8) is 0 Å². The molecular weight excluding hydrogens is 924 g/mol. The van der Waals surface area contributed by atoms with Gasteiger partial charge in [-0.05, 0) is 5.56 Å². The molecule has 384 valence electrons. The number of hydrogen-bond donors (Lipinski definition) is 2. The SMILES string of the molecule is COC(=O)[C@]1(OC)C[C@H](OC(C)=O)[C@@H](NC(C)=O)[C@H]([C@H](OC(C)=O)[C@@H](COCc2ccccc2)O[C@@]2(C(=O)OC)C[C@H](OC(C)=O)[C@@H](NC(C)=O)[C@H]([C@H](OC(C)=O)[C@@H](COC(C)=O)OC(C)=O)O2)O1. The fourth-order valence-electron chi connectivity index (χ4n) is 7.83. The summed E-state index contributed by atoms with van der Waals surface area (Å²) in [6.45, 7) is 6.43. The largest absolute Gasteiger partial charge is 0.465 e.